The minimum Gasteiger partial charge on any atom is -0.489 e. The van der Waals surface area contributed by atoms with Gasteiger partial charge in [-0.2, -0.15) is 0 Å². The van der Waals surface area contributed by atoms with Crippen LogP contribution in [0.5, 0.6) is 5.75 Å². The molecule has 2 nitrogen and oxygen atoms in total. The number of ether oxygens (including phenoxy) is 1. The summed E-state index contributed by atoms with van der Waals surface area (Å²) in [6.07, 6.45) is 0.535. The van der Waals surface area contributed by atoms with Crippen LogP contribution in [0, 0.1) is 12.3 Å². The largest absolute Gasteiger partial charge is 0.489 e. The monoisotopic (exact) mass is 260 g/mol. The van der Waals surface area contributed by atoms with Crippen LogP contribution in [0.4, 0.5) is 0 Å². The third-order valence-corrected chi connectivity index (χ3v) is 4.11. The fraction of sp³-hybridized carbons (Fsp3) is 0.588. The molecule has 0 radical (unpaired) electrons. The van der Waals surface area contributed by atoms with Gasteiger partial charge in [-0.15, -0.1) is 0 Å². The van der Waals surface area contributed by atoms with Crippen LogP contribution in [-0.2, 0) is 10.2 Å². The van der Waals surface area contributed by atoms with E-state index in [1.165, 1.54) is 11.1 Å². The van der Waals surface area contributed by atoms with E-state index in [4.69, 9.17) is 4.74 Å². The van der Waals surface area contributed by atoms with Gasteiger partial charge in [0.05, 0.1) is 5.41 Å². The Hall–Kier alpha value is -1.31. The number of carbonyl (C=O) groups excluding carboxylic acids is 1. The molecule has 0 N–H and O–H groups in total. The third kappa shape index (κ3) is 2.54. The maximum atomic E-state index is 11.6. The second-order valence-corrected chi connectivity index (χ2v) is 7.21. The van der Waals surface area contributed by atoms with Crippen molar-refractivity contribution in [1.82, 2.24) is 0 Å². The highest BCUT2D eigenvalue weighted by molar-refractivity contribution is 5.91. The second-order valence-electron chi connectivity index (χ2n) is 7.21. The summed E-state index contributed by atoms with van der Waals surface area (Å²) in [7, 11) is 0. The summed E-state index contributed by atoms with van der Waals surface area (Å²) in [6, 6.07) is 6.34. The Balaban J connectivity index is 2.30. The summed E-state index contributed by atoms with van der Waals surface area (Å²) in [6.45, 7) is 12.5. The molecule has 1 aromatic carbocycles. The van der Waals surface area contributed by atoms with E-state index in [9.17, 15) is 4.79 Å². The van der Waals surface area contributed by atoms with E-state index >= 15 is 0 Å². The van der Waals surface area contributed by atoms with Crippen LogP contribution >= 0.6 is 0 Å². The second kappa shape index (κ2) is 4.36. The lowest BCUT2D eigenvalue weighted by molar-refractivity contribution is -0.148. The van der Waals surface area contributed by atoms with Crippen LogP contribution in [-0.4, -0.2) is 11.9 Å². The molecule has 104 valence electrons. The van der Waals surface area contributed by atoms with Gasteiger partial charge in [0.15, 0.2) is 0 Å². The van der Waals surface area contributed by atoms with E-state index in [1.54, 1.807) is 0 Å². The van der Waals surface area contributed by atoms with Crippen molar-refractivity contribution in [3.63, 3.8) is 0 Å². The molecule has 0 aliphatic heterocycles. The molecule has 2 rings (SSSR count). The van der Waals surface area contributed by atoms with E-state index in [1.807, 2.05) is 13.8 Å². The van der Waals surface area contributed by atoms with Crippen molar-refractivity contribution in [2.75, 3.05) is 0 Å². The van der Waals surface area contributed by atoms with E-state index in [0.29, 0.717) is 12.2 Å². The van der Waals surface area contributed by atoms with Crippen LogP contribution in [0.1, 0.15) is 52.2 Å². The van der Waals surface area contributed by atoms with Gasteiger partial charge in [-0.05, 0) is 43.4 Å². The van der Waals surface area contributed by atoms with Gasteiger partial charge in [-0.25, -0.2) is 0 Å². The summed E-state index contributed by atoms with van der Waals surface area (Å²) >= 11 is 0. The van der Waals surface area contributed by atoms with Crippen LogP contribution in [0.25, 0.3) is 0 Å². The smallest absolute Gasteiger partial charge is 0.145 e. The first-order valence-electron chi connectivity index (χ1n) is 6.93. The number of ketones is 1. The molecule has 1 saturated carbocycles. The van der Waals surface area contributed by atoms with Crippen LogP contribution in [0.15, 0.2) is 18.2 Å². The van der Waals surface area contributed by atoms with Gasteiger partial charge in [0.2, 0.25) is 0 Å². The van der Waals surface area contributed by atoms with Gasteiger partial charge in [-0.3, -0.25) is 4.79 Å². The number of carbonyl (C=O) groups is 1. The van der Waals surface area contributed by atoms with Gasteiger partial charge < -0.3 is 4.74 Å². The number of hydrogen-bond acceptors (Lipinski definition) is 2. The average molecular weight is 260 g/mol. The van der Waals surface area contributed by atoms with Gasteiger partial charge in [0.1, 0.15) is 17.6 Å². The Morgan fingerprint density at radius 3 is 2.37 bits per heavy atom. The number of Topliss-reactive ketones (excluding diaryl/α,β-unsaturated/α-hetero) is 1. The zero-order chi connectivity index (χ0) is 14.4. The molecule has 19 heavy (non-hydrogen) atoms. The molecule has 0 saturated heterocycles. The Morgan fingerprint density at radius 1 is 1.26 bits per heavy atom. The van der Waals surface area contributed by atoms with Gasteiger partial charge >= 0.3 is 0 Å². The van der Waals surface area contributed by atoms with Crippen molar-refractivity contribution in [2.24, 2.45) is 5.41 Å². The highest BCUT2D eigenvalue weighted by Crippen LogP contribution is 2.41. The molecule has 0 spiro atoms. The van der Waals surface area contributed by atoms with Crippen LogP contribution in [0.2, 0.25) is 0 Å². The molecule has 1 atom stereocenters. The van der Waals surface area contributed by atoms with E-state index in [0.717, 1.165) is 5.75 Å². The molecule has 0 aromatic heterocycles. The standard InChI is InChI=1S/C17H24O2/c1-11-7-8-12(16(2,3)4)13(9-11)19-15-10-14(18)17(15,5)6/h7-9,15H,10H2,1-6H3. The number of hydrogen-bond donors (Lipinski definition) is 0. The Morgan fingerprint density at radius 2 is 1.89 bits per heavy atom. The minimum absolute atomic E-state index is 0.00269. The van der Waals surface area contributed by atoms with Gasteiger partial charge in [-0.1, -0.05) is 32.9 Å². The maximum Gasteiger partial charge on any atom is 0.145 e. The zero-order valence-corrected chi connectivity index (χ0v) is 12.8. The summed E-state index contributed by atoms with van der Waals surface area (Å²) in [5.74, 6) is 1.22. The summed E-state index contributed by atoms with van der Waals surface area (Å²) in [5.41, 5.74) is 2.08. The minimum atomic E-state index is -0.348. The predicted octanol–water partition coefficient (Wildman–Crippen LogP) is 4.04. The molecule has 0 amide bonds. The molecule has 0 heterocycles. The van der Waals surface area contributed by atoms with Crippen molar-refractivity contribution >= 4 is 5.78 Å². The van der Waals surface area contributed by atoms with Gasteiger partial charge in [0, 0.05) is 6.42 Å². The fourth-order valence-electron chi connectivity index (χ4n) is 2.42. The third-order valence-electron chi connectivity index (χ3n) is 4.11. The van der Waals surface area contributed by atoms with E-state index in [-0.39, 0.29) is 16.9 Å². The van der Waals surface area contributed by atoms with Crippen molar-refractivity contribution in [2.45, 2.75) is 59.5 Å². The Bertz CT molecular complexity index is 506. The van der Waals surface area contributed by atoms with Crippen molar-refractivity contribution in [3.8, 4) is 5.75 Å². The van der Waals surface area contributed by atoms with Crippen molar-refractivity contribution in [3.05, 3.63) is 29.3 Å². The normalized spacial score (nSPS) is 22.0. The number of rotatable bonds is 2. The highest BCUT2D eigenvalue weighted by Gasteiger charge is 2.49. The Labute approximate surface area is 116 Å². The Kier molecular flexibility index (Phi) is 3.24. The summed E-state index contributed by atoms with van der Waals surface area (Å²) < 4.78 is 6.15. The maximum absolute atomic E-state index is 11.6. The molecular weight excluding hydrogens is 236 g/mol. The van der Waals surface area contributed by atoms with E-state index in [2.05, 4.69) is 45.9 Å². The first kappa shape index (κ1) is 14.1. The van der Waals surface area contributed by atoms with Crippen LogP contribution in [0.3, 0.4) is 0 Å². The van der Waals surface area contributed by atoms with Gasteiger partial charge in [0.25, 0.3) is 0 Å². The SMILES string of the molecule is Cc1ccc(C(C)(C)C)c(OC2CC(=O)C2(C)C)c1. The highest BCUT2D eigenvalue weighted by atomic mass is 16.5. The number of aryl methyl sites for hydroxylation is 1. The molecular formula is C17H24O2. The first-order valence-corrected chi connectivity index (χ1v) is 6.93. The molecule has 1 fully saturated rings. The topological polar surface area (TPSA) is 26.3 Å². The lowest BCUT2D eigenvalue weighted by Crippen LogP contribution is -2.53. The average Bonchev–Trinajstić information content (AvgIpc) is 2.27. The van der Waals surface area contributed by atoms with Crippen LogP contribution < -0.4 is 4.74 Å². The quantitative estimate of drug-likeness (QED) is 0.802. The lowest BCUT2D eigenvalue weighted by Gasteiger charge is -2.42. The zero-order valence-electron chi connectivity index (χ0n) is 12.8. The molecule has 1 aliphatic carbocycles. The predicted molar refractivity (Wildman–Crippen MR) is 77.7 cm³/mol. The summed E-state index contributed by atoms with van der Waals surface area (Å²) in [5, 5.41) is 0. The molecule has 1 unspecified atom stereocenters. The first-order chi connectivity index (χ1) is 8.62. The molecule has 1 aliphatic rings. The van der Waals surface area contributed by atoms with Crippen molar-refractivity contribution < 1.29 is 9.53 Å². The fourth-order valence-corrected chi connectivity index (χ4v) is 2.42. The lowest BCUT2D eigenvalue weighted by atomic mass is 9.68. The van der Waals surface area contributed by atoms with E-state index < -0.39 is 0 Å². The molecule has 2 heteroatoms. The molecule has 1 aromatic rings. The molecule has 0 bridgehead atoms. The summed E-state index contributed by atoms with van der Waals surface area (Å²) in [4.78, 5) is 11.6. The number of benzene rings is 1. The van der Waals surface area contributed by atoms with Crippen molar-refractivity contribution in [1.29, 1.82) is 0 Å².